The lowest BCUT2D eigenvalue weighted by atomic mass is 10.2. The first-order valence-electron chi connectivity index (χ1n) is 3.88. The van der Waals surface area contributed by atoms with Crippen molar-refractivity contribution in [3.05, 3.63) is 12.2 Å². The standard InChI is InChI=1S/C8H15NO/c1-2-8(10)7-9-5-3-4-6-9/h3-4,8,10H,2,5-7H2,1H3. The predicted octanol–water partition coefficient (Wildman–Crippen LogP) is 0.629. The van der Waals surface area contributed by atoms with Crippen LogP contribution in [0.3, 0.4) is 0 Å². The van der Waals surface area contributed by atoms with E-state index in [2.05, 4.69) is 17.1 Å². The summed E-state index contributed by atoms with van der Waals surface area (Å²) in [5.74, 6) is 0. The van der Waals surface area contributed by atoms with E-state index in [-0.39, 0.29) is 6.10 Å². The quantitative estimate of drug-likeness (QED) is 0.583. The van der Waals surface area contributed by atoms with E-state index in [1.807, 2.05) is 6.92 Å². The van der Waals surface area contributed by atoms with E-state index < -0.39 is 0 Å². The maximum atomic E-state index is 9.25. The number of hydrogen-bond acceptors (Lipinski definition) is 2. The van der Waals surface area contributed by atoms with E-state index in [9.17, 15) is 5.11 Å². The molecule has 1 aliphatic heterocycles. The molecule has 1 rings (SSSR count). The highest BCUT2D eigenvalue weighted by atomic mass is 16.3. The summed E-state index contributed by atoms with van der Waals surface area (Å²) in [5.41, 5.74) is 0. The third kappa shape index (κ3) is 2.12. The SMILES string of the molecule is CCC(O)CN1CC=CC1. The Balaban J connectivity index is 2.13. The van der Waals surface area contributed by atoms with Crippen LogP contribution < -0.4 is 0 Å². The maximum absolute atomic E-state index is 9.25. The number of aliphatic hydroxyl groups excluding tert-OH is 1. The minimum absolute atomic E-state index is 0.139. The molecule has 0 aromatic rings. The normalized spacial score (nSPS) is 21.8. The zero-order chi connectivity index (χ0) is 7.40. The predicted molar refractivity (Wildman–Crippen MR) is 41.9 cm³/mol. The summed E-state index contributed by atoms with van der Waals surface area (Å²) in [6.07, 6.45) is 5.00. The van der Waals surface area contributed by atoms with Gasteiger partial charge in [-0.1, -0.05) is 19.1 Å². The van der Waals surface area contributed by atoms with E-state index in [1.165, 1.54) is 0 Å². The molecule has 0 aliphatic carbocycles. The second-order valence-corrected chi connectivity index (χ2v) is 2.75. The van der Waals surface area contributed by atoms with Gasteiger partial charge in [-0.05, 0) is 6.42 Å². The van der Waals surface area contributed by atoms with Crippen LogP contribution in [0, 0.1) is 0 Å². The van der Waals surface area contributed by atoms with Gasteiger partial charge in [-0.2, -0.15) is 0 Å². The van der Waals surface area contributed by atoms with Crippen LogP contribution in [0.1, 0.15) is 13.3 Å². The summed E-state index contributed by atoms with van der Waals surface area (Å²) in [6, 6.07) is 0. The molecule has 1 aliphatic rings. The van der Waals surface area contributed by atoms with Gasteiger partial charge in [0.25, 0.3) is 0 Å². The zero-order valence-electron chi connectivity index (χ0n) is 6.45. The van der Waals surface area contributed by atoms with Crippen LogP contribution in [-0.2, 0) is 0 Å². The molecule has 1 atom stereocenters. The molecule has 1 heterocycles. The molecule has 0 aromatic heterocycles. The van der Waals surface area contributed by atoms with Crippen LogP contribution in [0.25, 0.3) is 0 Å². The van der Waals surface area contributed by atoms with E-state index in [1.54, 1.807) is 0 Å². The van der Waals surface area contributed by atoms with Gasteiger partial charge in [0.1, 0.15) is 0 Å². The average Bonchev–Trinajstić information content (AvgIpc) is 2.40. The number of β-amino-alcohol motifs (C(OH)–C–C–N with tert-alkyl or cyclic N) is 1. The van der Waals surface area contributed by atoms with E-state index in [0.29, 0.717) is 0 Å². The Hall–Kier alpha value is -0.340. The van der Waals surface area contributed by atoms with Crippen molar-refractivity contribution in [1.29, 1.82) is 0 Å². The van der Waals surface area contributed by atoms with Gasteiger partial charge in [0.2, 0.25) is 0 Å². The first-order chi connectivity index (χ1) is 4.83. The summed E-state index contributed by atoms with van der Waals surface area (Å²) < 4.78 is 0. The highest BCUT2D eigenvalue weighted by molar-refractivity contribution is 4.95. The van der Waals surface area contributed by atoms with Gasteiger partial charge in [-0.25, -0.2) is 0 Å². The smallest absolute Gasteiger partial charge is 0.0664 e. The highest BCUT2D eigenvalue weighted by Crippen LogP contribution is 2.01. The van der Waals surface area contributed by atoms with Crippen LogP contribution in [0.5, 0.6) is 0 Å². The molecule has 0 fully saturated rings. The fraction of sp³-hybridized carbons (Fsp3) is 0.750. The lowest BCUT2D eigenvalue weighted by Gasteiger charge is -2.17. The Morgan fingerprint density at radius 1 is 1.50 bits per heavy atom. The van der Waals surface area contributed by atoms with Gasteiger partial charge < -0.3 is 5.11 Å². The van der Waals surface area contributed by atoms with Gasteiger partial charge in [-0.3, -0.25) is 4.90 Å². The molecule has 0 radical (unpaired) electrons. The van der Waals surface area contributed by atoms with Crippen LogP contribution in [-0.4, -0.2) is 35.7 Å². The number of aliphatic hydroxyl groups is 1. The summed E-state index contributed by atoms with van der Waals surface area (Å²) in [4.78, 5) is 2.23. The molecule has 1 N–H and O–H groups in total. The highest BCUT2D eigenvalue weighted by Gasteiger charge is 2.09. The van der Waals surface area contributed by atoms with Crippen molar-refractivity contribution in [1.82, 2.24) is 4.90 Å². The maximum Gasteiger partial charge on any atom is 0.0664 e. The Morgan fingerprint density at radius 2 is 2.10 bits per heavy atom. The molecule has 2 heteroatoms. The molecule has 58 valence electrons. The second-order valence-electron chi connectivity index (χ2n) is 2.75. The second kappa shape index (κ2) is 3.74. The Kier molecular flexibility index (Phi) is 2.90. The van der Waals surface area contributed by atoms with Gasteiger partial charge in [-0.15, -0.1) is 0 Å². The molecule has 0 aromatic carbocycles. The summed E-state index contributed by atoms with van der Waals surface area (Å²) in [6.45, 7) is 4.85. The van der Waals surface area contributed by atoms with Crippen molar-refractivity contribution in [3.63, 3.8) is 0 Å². The number of nitrogens with zero attached hydrogens (tertiary/aromatic N) is 1. The van der Waals surface area contributed by atoms with Gasteiger partial charge in [0.05, 0.1) is 6.10 Å². The molecule has 0 saturated carbocycles. The molecule has 2 nitrogen and oxygen atoms in total. The summed E-state index contributed by atoms with van der Waals surface area (Å²) in [5, 5.41) is 9.25. The fourth-order valence-corrected chi connectivity index (χ4v) is 1.10. The van der Waals surface area contributed by atoms with Crippen molar-refractivity contribution < 1.29 is 5.11 Å². The van der Waals surface area contributed by atoms with E-state index in [0.717, 1.165) is 26.1 Å². The summed E-state index contributed by atoms with van der Waals surface area (Å²) in [7, 11) is 0. The van der Waals surface area contributed by atoms with Crippen molar-refractivity contribution in [2.75, 3.05) is 19.6 Å². The Bertz CT molecular complexity index is 114. The van der Waals surface area contributed by atoms with E-state index >= 15 is 0 Å². The monoisotopic (exact) mass is 141 g/mol. The molecule has 0 spiro atoms. The average molecular weight is 141 g/mol. The van der Waals surface area contributed by atoms with Crippen LogP contribution in [0.4, 0.5) is 0 Å². The first-order valence-corrected chi connectivity index (χ1v) is 3.88. The van der Waals surface area contributed by atoms with Crippen molar-refractivity contribution in [3.8, 4) is 0 Å². The molecular formula is C8H15NO. The Morgan fingerprint density at radius 3 is 2.60 bits per heavy atom. The summed E-state index contributed by atoms with van der Waals surface area (Å²) >= 11 is 0. The molecule has 1 unspecified atom stereocenters. The Labute approximate surface area is 62.2 Å². The first kappa shape index (κ1) is 7.76. The zero-order valence-corrected chi connectivity index (χ0v) is 6.45. The van der Waals surface area contributed by atoms with Crippen molar-refractivity contribution >= 4 is 0 Å². The topological polar surface area (TPSA) is 23.5 Å². The number of rotatable bonds is 3. The van der Waals surface area contributed by atoms with Crippen LogP contribution in [0.2, 0.25) is 0 Å². The van der Waals surface area contributed by atoms with Crippen molar-refractivity contribution in [2.45, 2.75) is 19.4 Å². The third-order valence-electron chi connectivity index (χ3n) is 1.83. The van der Waals surface area contributed by atoms with Gasteiger partial charge in [0, 0.05) is 19.6 Å². The van der Waals surface area contributed by atoms with Gasteiger partial charge in [0.15, 0.2) is 0 Å². The molecule has 0 amide bonds. The lowest BCUT2D eigenvalue weighted by Crippen LogP contribution is -2.29. The minimum Gasteiger partial charge on any atom is -0.392 e. The molecular weight excluding hydrogens is 126 g/mol. The fourth-order valence-electron chi connectivity index (χ4n) is 1.10. The lowest BCUT2D eigenvalue weighted by molar-refractivity contribution is 0.124. The largest absolute Gasteiger partial charge is 0.392 e. The third-order valence-corrected chi connectivity index (χ3v) is 1.83. The van der Waals surface area contributed by atoms with Gasteiger partial charge >= 0.3 is 0 Å². The molecule has 0 saturated heterocycles. The molecule has 0 bridgehead atoms. The minimum atomic E-state index is -0.139. The number of hydrogen-bond donors (Lipinski definition) is 1. The van der Waals surface area contributed by atoms with E-state index in [4.69, 9.17) is 0 Å². The van der Waals surface area contributed by atoms with Crippen molar-refractivity contribution in [2.24, 2.45) is 0 Å². The molecule has 10 heavy (non-hydrogen) atoms. The van der Waals surface area contributed by atoms with Crippen LogP contribution >= 0.6 is 0 Å². The van der Waals surface area contributed by atoms with Crippen LogP contribution in [0.15, 0.2) is 12.2 Å².